The van der Waals surface area contributed by atoms with E-state index in [4.69, 9.17) is 16.3 Å². The number of hydrogen-bond acceptors (Lipinski definition) is 5. The smallest absolute Gasteiger partial charge is 0.273 e. The molecule has 4 rings (SSSR count). The number of nitrogens with zero attached hydrogens (tertiary/aromatic N) is 2. The summed E-state index contributed by atoms with van der Waals surface area (Å²) in [6.07, 6.45) is 2.90. The molecule has 0 saturated heterocycles. The molecule has 8 heteroatoms. The highest BCUT2D eigenvalue weighted by Gasteiger charge is 2.42. The number of phenols is 2. The van der Waals surface area contributed by atoms with Gasteiger partial charge in [-0.25, -0.2) is 0 Å². The number of nitrogens with one attached hydrogen (secondary N) is 1. The molecule has 0 radical (unpaired) electrons. The van der Waals surface area contributed by atoms with E-state index in [2.05, 4.69) is 17.1 Å². The second-order valence-electron chi connectivity index (χ2n) is 8.02. The summed E-state index contributed by atoms with van der Waals surface area (Å²) in [4.78, 5) is 15.1. The standard InChI is InChI=1S/C24H26ClN3O4/c1-4-5-6-9-28-23(14-7-8-17(29)19(11-14)32-3)20-21(26-27-22(20)24(28)31)15-12-16(25)13(2)10-18(15)30/h7-8,10-12,23,29-30H,4-6,9H2,1-3H3,(H,26,27). The van der Waals surface area contributed by atoms with Crippen molar-refractivity contribution in [2.75, 3.05) is 13.7 Å². The van der Waals surface area contributed by atoms with Crippen LogP contribution in [0.1, 0.15) is 59.4 Å². The number of aryl methyl sites for hydroxylation is 1. The Morgan fingerprint density at radius 2 is 1.97 bits per heavy atom. The maximum atomic E-state index is 13.3. The topological polar surface area (TPSA) is 98.7 Å². The Balaban J connectivity index is 1.88. The van der Waals surface area contributed by atoms with Crippen molar-refractivity contribution in [3.8, 4) is 28.5 Å². The molecule has 0 saturated carbocycles. The first-order chi connectivity index (χ1) is 15.4. The average molecular weight is 456 g/mol. The maximum Gasteiger partial charge on any atom is 0.273 e. The Morgan fingerprint density at radius 1 is 1.19 bits per heavy atom. The zero-order valence-electron chi connectivity index (χ0n) is 18.3. The summed E-state index contributed by atoms with van der Waals surface area (Å²) in [6, 6.07) is 7.87. The molecule has 168 valence electrons. The van der Waals surface area contributed by atoms with Gasteiger partial charge in [0.1, 0.15) is 17.1 Å². The van der Waals surface area contributed by atoms with Gasteiger partial charge in [0.05, 0.1) is 13.2 Å². The van der Waals surface area contributed by atoms with Crippen LogP contribution in [0.15, 0.2) is 30.3 Å². The largest absolute Gasteiger partial charge is 0.507 e. The van der Waals surface area contributed by atoms with Crippen molar-refractivity contribution in [2.45, 2.75) is 39.2 Å². The molecule has 0 spiro atoms. The third kappa shape index (κ3) is 3.66. The van der Waals surface area contributed by atoms with Crippen LogP contribution >= 0.6 is 11.6 Å². The van der Waals surface area contributed by atoms with Crippen molar-refractivity contribution in [2.24, 2.45) is 0 Å². The molecular formula is C24H26ClN3O4. The normalized spacial score (nSPS) is 15.3. The molecule has 2 heterocycles. The average Bonchev–Trinajstić information content (AvgIpc) is 3.31. The number of H-pyrrole nitrogens is 1. The molecule has 1 aliphatic rings. The molecule has 32 heavy (non-hydrogen) atoms. The highest BCUT2D eigenvalue weighted by molar-refractivity contribution is 6.31. The van der Waals surface area contributed by atoms with Gasteiger partial charge >= 0.3 is 0 Å². The number of aromatic amines is 1. The van der Waals surface area contributed by atoms with Crippen molar-refractivity contribution >= 4 is 17.5 Å². The lowest BCUT2D eigenvalue weighted by atomic mass is 9.95. The van der Waals surface area contributed by atoms with Crippen LogP contribution in [0.25, 0.3) is 11.3 Å². The molecule has 1 aliphatic heterocycles. The SMILES string of the molecule is CCCCCN1C(=O)c2[nH]nc(-c3cc(Cl)c(C)cc3O)c2C1c1ccc(O)c(OC)c1. The molecule has 0 aliphatic carbocycles. The third-order valence-corrected chi connectivity index (χ3v) is 6.33. The number of carbonyl (C=O) groups is 1. The van der Waals surface area contributed by atoms with Crippen molar-refractivity contribution in [3.05, 3.63) is 57.7 Å². The van der Waals surface area contributed by atoms with E-state index >= 15 is 0 Å². The van der Waals surface area contributed by atoms with Crippen LogP contribution in [0.5, 0.6) is 17.2 Å². The van der Waals surface area contributed by atoms with Crippen LogP contribution in [0, 0.1) is 6.92 Å². The number of aromatic nitrogens is 2. The Morgan fingerprint density at radius 3 is 2.69 bits per heavy atom. The molecule has 3 N–H and O–H groups in total. The second kappa shape index (κ2) is 8.74. The predicted octanol–water partition coefficient (Wildman–Crippen LogP) is 5.19. The fraction of sp³-hybridized carbons (Fsp3) is 0.333. The van der Waals surface area contributed by atoms with Crippen LogP contribution in [-0.2, 0) is 0 Å². The maximum absolute atomic E-state index is 13.3. The van der Waals surface area contributed by atoms with Gasteiger partial charge in [0.25, 0.3) is 5.91 Å². The summed E-state index contributed by atoms with van der Waals surface area (Å²) >= 11 is 6.34. The van der Waals surface area contributed by atoms with E-state index in [1.54, 1.807) is 35.2 Å². The molecular weight excluding hydrogens is 430 g/mol. The van der Waals surface area contributed by atoms with E-state index < -0.39 is 6.04 Å². The predicted molar refractivity (Wildman–Crippen MR) is 122 cm³/mol. The van der Waals surface area contributed by atoms with Crippen molar-refractivity contribution in [3.63, 3.8) is 0 Å². The lowest BCUT2D eigenvalue weighted by molar-refractivity contribution is 0.0740. The number of hydrogen-bond donors (Lipinski definition) is 3. The van der Waals surface area contributed by atoms with Crippen molar-refractivity contribution < 1.29 is 19.7 Å². The molecule has 1 unspecified atom stereocenters. The van der Waals surface area contributed by atoms with Gasteiger partial charge in [0.15, 0.2) is 11.5 Å². The van der Waals surface area contributed by atoms with E-state index in [-0.39, 0.29) is 17.4 Å². The zero-order chi connectivity index (χ0) is 23.0. The van der Waals surface area contributed by atoms with E-state index in [1.165, 1.54) is 7.11 Å². The number of rotatable bonds is 7. The van der Waals surface area contributed by atoms with Crippen LogP contribution in [0.2, 0.25) is 5.02 Å². The molecule has 3 aromatic rings. The van der Waals surface area contributed by atoms with E-state index in [0.717, 1.165) is 30.4 Å². The highest BCUT2D eigenvalue weighted by atomic mass is 35.5. The summed E-state index contributed by atoms with van der Waals surface area (Å²) in [5, 5.41) is 28.5. The van der Waals surface area contributed by atoms with E-state index in [1.807, 2.05) is 6.92 Å². The summed E-state index contributed by atoms with van der Waals surface area (Å²) in [5.74, 6) is 0.238. The zero-order valence-corrected chi connectivity index (χ0v) is 19.0. The van der Waals surface area contributed by atoms with E-state index in [0.29, 0.717) is 39.8 Å². The molecule has 1 amide bonds. The highest BCUT2D eigenvalue weighted by Crippen LogP contribution is 2.46. The first kappa shape index (κ1) is 22.0. The molecule has 1 atom stereocenters. The van der Waals surface area contributed by atoms with Crippen LogP contribution in [0.4, 0.5) is 0 Å². The fourth-order valence-electron chi connectivity index (χ4n) is 4.23. The summed E-state index contributed by atoms with van der Waals surface area (Å²) in [6.45, 7) is 4.50. The summed E-state index contributed by atoms with van der Waals surface area (Å²) in [5.41, 5.74) is 3.53. The van der Waals surface area contributed by atoms with Gasteiger partial charge in [-0.1, -0.05) is 37.4 Å². The number of ether oxygens (including phenoxy) is 1. The Labute approximate surface area is 191 Å². The lowest BCUT2D eigenvalue weighted by Crippen LogP contribution is -2.30. The van der Waals surface area contributed by atoms with E-state index in [9.17, 15) is 15.0 Å². The molecule has 0 fully saturated rings. The van der Waals surface area contributed by atoms with Gasteiger partial charge in [0.2, 0.25) is 0 Å². The molecule has 0 bridgehead atoms. The number of amides is 1. The van der Waals surface area contributed by atoms with Gasteiger partial charge < -0.3 is 19.8 Å². The Kier molecular flexibility index (Phi) is 6.02. The van der Waals surface area contributed by atoms with Crippen LogP contribution in [0.3, 0.4) is 0 Å². The number of methoxy groups -OCH3 is 1. The Hall–Kier alpha value is -3.19. The van der Waals surface area contributed by atoms with Gasteiger partial charge in [-0.2, -0.15) is 5.10 Å². The monoisotopic (exact) mass is 455 g/mol. The first-order valence-electron chi connectivity index (χ1n) is 10.6. The number of carbonyl (C=O) groups excluding carboxylic acids is 1. The molecule has 1 aromatic heterocycles. The van der Waals surface area contributed by atoms with Gasteiger partial charge in [-0.05, 0) is 48.7 Å². The Bertz CT molecular complexity index is 1170. The number of aromatic hydroxyl groups is 2. The minimum Gasteiger partial charge on any atom is -0.507 e. The summed E-state index contributed by atoms with van der Waals surface area (Å²) < 4.78 is 5.30. The van der Waals surface area contributed by atoms with Crippen molar-refractivity contribution in [1.29, 1.82) is 0 Å². The van der Waals surface area contributed by atoms with Crippen LogP contribution < -0.4 is 4.74 Å². The quantitative estimate of drug-likeness (QED) is 0.425. The van der Waals surface area contributed by atoms with Gasteiger partial charge in [-0.15, -0.1) is 0 Å². The number of halogens is 1. The van der Waals surface area contributed by atoms with Gasteiger partial charge in [-0.3, -0.25) is 9.89 Å². The second-order valence-corrected chi connectivity index (χ2v) is 8.43. The number of phenolic OH excluding ortho intramolecular Hbond substituents is 2. The molecule has 2 aromatic carbocycles. The van der Waals surface area contributed by atoms with Crippen LogP contribution in [-0.4, -0.2) is 44.9 Å². The minimum absolute atomic E-state index is 0.0220. The minimum atomic E-state index is -0.447. The van der Waals surface area contributed by atoms with Crippen molar-refractivity contribution in [1.82, 2.24) is 15.1 Å². The third-order valence-electron chi connectivity index (χ3n) is 5.92. The number of benzene rings is 2. The van der Waals surface area contributed by atoms with Gasteiger partial charge in [0, 0.05) is 22.7 Å². The number of unbranched alkanes of at least 4 members (excludes halogenated alkanes) is 2. The summed E-state index contributed by atoms with van der Waals surface area (Å²) in [7, 11) is 1.48. The molecule has 7 nitrogen and oxygen atoms in total. The number of fused-ring (bicyclic) bond motifs is 1. The fourth-order valence-corrected chi connectivity index (χ4v) is 4.40. The first-order valence-corrected chi connectivity index (χ1v) is 11.0. The lowest BCUT2D eigenvalue weighted by Gasteiger charge is -2.27.